The summed E-state index contributed by atoms with van der Waals surface area (Å²) in [7, 11) is 0. The predicted molar refractivity (Wildman–Crippen MR) is 112 cm³/mol. The quantitative estimate of drug-likeness (QED) is 0.314. The average molecular weight is 468 g/mol. The van der Waals surface area contributed by atoms with Crippen LogP contribution in [0.4, 0.5) is 0 Å². The molecule has 0 fully saturated rings. The first-order valence-electron chi connectivity index (χ1n) is 7.87. The van der Waals surface area contributed by atoms with E-state index in [4.69, 9.17) is 4.42 Å². The molecule has 132 valence electrons. The second-order valence-electron chi connectivity index (χ2n) is 5.19. The van der Waals surface area contributed by atoms with Crippen LogP contribution in [-0.4, -0.2) is 17.5 Å². The molecule has 0 atom stereocenters. The van der Waals surface area contributed by atoms with E-state index in [0.717, 1.165) is 29.7 Å². The number of aliphatic imine (C=N–C) groups is 1. The van der Waals surface area contributed by atoms with E-state index in [1.807, 2.05) is 41.9 Å². The third-order valence-electron chi connectivity index (χ3n) is 3.40. The number of hydrogen-bond donors (Lipinski definition) is 2. The molecule has 0 saturated heterocycles. The molecule has 0 saturated carbocycles. The molecule has 0 amide bonds. The Balaban J connectivity index is 0.00000225. The zero-order valence-electron chi connectivity index (χ0n) is 13.7. The van der Waals surface area contributed by atoms with Gasteiger partial charge in [-0.1, -0.05) is 30.3 Å². The van der Waals surface area contributed by atoms with Crippen molar-refractivity contribution in [2.24, 2.45) is 4.99 Å². The lowest BCUT2D eigenvalue weighted by Gasteiger charge is -2.11. The fraction of sp³-hybridized carbons (Fsp3) is 0.222. The molecule has 3 aromatic rings. The smallest absolute Gasteiger partial charge is 0.191 e. The fourth-order valence-corrected chi connectivity index (χ4v) is 2.74. The molecule has 2 N–H and O–H groups in total. The zero-order chi connectivity index (χ0) is 16.5. The Bertz CT molecular complexity index is 730. The Kier molecular flexibility index (Phi) is 8.47. The second kappa shape index (κ2) is 10.9. The summed E-state index contributed by atoms with van der Waals surface area (Å²) in [6.45, 7) is 2.06. The van der Waals surface area contributed by atoms with Crippen molar-refractivity contribution in [1.82, 2.24) is 15.6 Å². The van der Waals surface area contributed by atoms with Gasteiger partial charge < -0.3 is 15.1 Å². The van der Waals surface area contributed by atoms with Crippen LogP contribution in [0.5, 0.6) is 0 Å². The van der Waals surface area contributed by atoms with Crippen LogP contribution >= 0.6 is 35.3 Å². The van der Waals surface area contributed by atoms with Crippen molar-refractivity contribution in [3.05, 3.63) is 76.6 Å². The first-order chi connectivity index (χ1) is 11.9. The van der Waals surface area contributed by atoms with Crippen LogP contribution in [0.15, 0.2) is 69.7 Å². The molecule has 0 radical (unpaired) electrons. The van der Waals surface area contributed by atoms with E-state index in [0.29, 0.717) is 13.1 Å². The van der Waals surface area contributed by atoms with E-state index in [-0.39, 0.29) is 24.0 Å². The van der Waals surface area contributed by atoms with Gasteiger partial charge in [-0.2, -0.15) is 0 Å². The third kappa shape index (κ3) is 6.87. The van der Waals surface area contributed by atoms with Gasteiger partial charge in [0.05, 0.1) is 19.4 Å². The molecule has 25 heavy (non-hydrogen) atoms. The van der Waals surface area contributed by atoms with Crippen molar-refractivity contribution < 1.29 is 4.42 Å². The number of nitrogens with one attached hydrogen (secondary N) is 2. The van der Waals surface area contributed by atoms with Crippen LogP contribution in [0.3, 0.4) is 0 Å². The first kappa shape index (κ1) is 19.5. The minimum Gasteiger partial charge on any atom is -0.469 e. The Morgan fingerprint density at radius 1 is 1.12 bits per heavy atom. The van der Waals surface area contributed by atoms with Gasteiger partial charge in [0.2, 0.25) is 0 Å². The molecule has 0 aliphatic carbocycles. The van der Waals surface area contributed by atoms with E-state index in [1.165, 1.54) is 5.56 Å². The van der Waals surface area contributed by atoms with E-state index >= 15 is 0 Å². The summed E-state index contributed by atoms with van der Waals surface area (Å²) in [5, 5.41) is 9.69. The van der Waals surface area contributed by atoms with Crippen LogP contribution in [0, 0.1) is 0 Å². The summed E-state index contributed by atoms with van der Waals surface area (Å²) in [6.07, 6.45) is 4.32. The summed E-state index contributed by atoms with van der Waals surface area (Å²) in [6, 6.07) is 14.1. The van der Waals surface area contributed by atoms with Crippen LogP contribution in [0.1, 0.15) is 16.3 Å². The minimum absolute atomic E-state index is 0. The number of rotatable bonds is 7. The number of furan rings is 1. The number of benzene rings is 1. The highest BCUT2D eigenvalue weighted by Gasteiger charge is 2.02. The van der Waals surface area contributed by atoms with Crippen LogP contribution < -0.4 is 10.6 Å². The van der Waals surface area contributed by atoms with Gasteiger partial charge in [0.1, 0.15) is 10.8 Å². The molecular weight excluding hydrogens is 447 g/mol. The van der Waals surface area contributed by atoms with Crippen molar-refractivity contribution in [3.8, 4) is 0 Å². The van der Waals surface area contributed by atoms with Crippen LogP contribution in [-0.2, 0) is 19.5 Å². The van der Waals surface area contributed by atoms with Gasteiger partial charge in [0, 0.05) is 24.5 Å². The normalized spacial score (nSPS) is 11.0. The van der Waals surface area contributed by atoms with Crippen molar-refractivity contribution in [1.29, 1.82) is 0 Å². The molecule has 0 bridgehead atoms. The van der Waals surface area contributed by atoms with Crippen LogP contribution in [0.25, 0.3) is 0 Å². The van der Waals surface area contributed by atoms with Gasteiger partial charge in [-0.15, -0.1) is 35.3 Å². The monoisotopic (exact) mass is 468 g/mol. The Labute approximate surface area is 168 Å². The first-order valence-corrected chi connectivity index (χ1v) is 8.75. The maximum atomic E-state index is 5.35. The highest BCUT2D eigenvalue weighted by molar-refractivity contribution is 14.0. The van der Waals surface area contributed by atoms with E-state index in [9.17, 15) is 0 Å². The number of aromatic nitrogens is 1. The molecule has 0 spiro atoms. The summed E-state index contributed by atoms with van der Waals surface area (Å²) >= 11 is 1.63. The lowest BCUT2D eigenvalue weighted by Crippen LogP contribution is -2.38. The topological polar surface area (TPSA) is 62.5 Å². The zero-order valence-corrected chi connectivity index (χ0v) is 16.9. The van der Waals surface area contributed by atoms with Crippen molar-refractivity contribution in [2.75, 3.05) is 6.54 Å². The molecular formula is C18H21IN4OS. The second-order valence-corrected chi connectivity index (χ2v) is 6.17. The van der Waals surface area contributed by atoms with E-state index in [1.54, 1.807) is 17.6 Å². The molecule has 0 aliphatic heterocycles. The van der Waals surface area contributed by atoms with Crippen molar-refractivity contribution >= 4 is 41.3 Å². The highest BCUT2D eigenvalue weighted by Crippen LogP contribution is 2.04. The Morgan fingerprint density at radius 2 is 2.00 bits per heavy atom. The maximum Gasteiger partial charge on any atom is 0.191 e. The summed E-state index contributed by atoms with van der Waals surface area (Å²) in [4.78, 5) is 8.94. The minimum atomic E-state index is 0. The molecule has 0 aliphatic rings. The van der Waals surface area contributed by atoms with E-state index < -0.39 is 0 Å². The molecule has 2 heterocycles. The largest absolute Gasteiger partial charge is 0.469 e. The lowest BCUT2D eigenvalue weighted by atomic mass is 10.2. The summed E-state index contributed by atoms with van der Waals surface area (Å²) in [5.74, 6) is 1.74. The lowest BCUT2D eigenvalue weighted by molar-refractivity contribution is 0.506. The molecule has 3 rings (SSSR count). The SMILES string of the molecule is I.c1ccc(CN=C(NCCc2ccco2)NCc2nccs2)cc1. The van der Waals surface area contributed by atoms with Gasteiger partial charge in [-0.25, -0.2) is 9.98 Å². The Hall–Kier alpha value is -1.87. The fourth-order valence-electron chi connectivity index (χ4n) is 2.19. The van der Waals surface area contributed by atoms with E-state index in [2.05, 4.69) is 32.7 Å². The molecule has 5 nitrogen and oxygen atoms in total. The number of thiazole rings is 1. The highest BCUT2D eigenvalue weighted by atomic mass is 127. The van der Waals surface area contributed by atoms with Gasteiger partial charge in [0.15, 0.2) is 5.96 Å². The third-order valence-corrected chi connectivity index (χ3v) is 4.18. The summed E-state index contributed by atoms with van der Waals surface area (Å²) in [5.41, 5.74) is 1.18. The molecule has 0 unspecified atom stereocenters. The van der Waals surface area contributed by atoms with Crippen molar-refractivity contribution in [2.45, 2.75) is 19.5 Å². The summed E-state index contributed by atoms with van der Waals surface area (Å²) < 4.78 is 5.35. The van der Waals surface area contributed by atoms with Gasteiger partial charge >= 0.3 is 0 Å². The number of guanidine groups is 1. The number of hydrogen-bond acceptors (Lipinski definition) is 4. The number of nitrogens with zero attached hydrogens (tertiary/aromatic N) is 2. The molecule has 2 aromatic heterocycles. The average Bonchev–Trinajstić information content (AvgIpc) is 3.31. The standard InChI is InChI=1S/C18H20N4OS.HI/c1-2-5-15(6-3-1)13-21-18(22-14-17-19-10-12-24-17)20-9-8-16-7-4-11-23-16;/h1-7,10-12H,8-9,13-14H2,(H2,20,21,22);1H. The number of halogens is 1. The van der Waals surface area contributed by atoms with Gasteiger partial charge in [0.25, 0.3) is 0 Å². The maximum absolute atomic E-state index is 5.35. The van der Waals surface area contributed by atoms with Gasteiger partial charge in [-0.3, -0.25) is 0 Å². The molecule has 1 aromatic carbocycles. The van der Waals surface area contributed by atoms with Crippen LogP contribution in [0.2, 0.25) is 0 Å². The predicted octanol–water partition coefficient (Wildman–Crippen LogP) is 3.83. The van der Waals surface area contributed by atoms with Crippen molar-refractivity contribution in [3.63, 3.8) is 0 Å². The molecule has 7 heteroatoms. The van der Waals surface area contributed by atoms with Gasteiger partial charge in [-0.05, 0) is 17.7 Å². The Morgan fingerprint density at radius 3 is 2.72 bits per heavy atom.